The van der Waals surface area contributed by atoms with E-state index >= 15 is 0 Å². The summed E-state index contributed by atoms with van der Waals surface area (Å²) >= 11 is 1.79. The summed E-state index contributed by atoms with van der Waals surface area (Å²) < 4.78 is 5.58. The third-order valence-corrected chi connectivity index (χ3v) is 5.22. The highest BCUT2D eigenvalue weighted by Crippen LogP contribution is 2.26. The lowest BCUT2D eigenvalue weighted by atomic mass is 10.3. The Morgan fingerprint density at radius 1 is 0.349 bits per heavy atom. The molecule has 0 unspecified atom stereocenters. The zero-order valence-corrected chi connectivity index (χ0v) is 26.3. The fourth-order valence-corrected chi connectivity index (χ4v) is 3.51. The molecule has 0 heterocycles. The first kappa shape index (κ1) is 43.3. The molecule has 8 heteroatoms. The molecule has 0 atom stereocenters. The second-order valence-corrected chi connectivity index (χ2v) is 7.94. The van der Waals surface area contributed by atoms with E-state index in [0.29, 0.717) is 5.75 Å². The van der Waals surface area contributed by atoms with Gasteiger partial charge in [0.05, 0.1) is 0 Å². The summed E-state index contributed by atoms with van der Waals surface area (Å²) in [5.41, 5.74) is 0. The molecule has 0 aliphatic rings. The molecule has 0 aromatic heterocycles. The Bertz CT molecular complexity index is 999. The van der Waals surface area contributed by atoms with Gasteiger partial charge in [-0.15, -0.1) is 0 Å². The van der Waals surface area contributed by atoms with Crippen molar-refractivity contribution >= 4 is 11.8 Å². The maximum Gasteiger partial charge on any atom is 0.127 e. The van der Waals surface area contributed by atoms with E-state index in [1.807, 2.05) is 78.9 Å². The van der Waals surface area contributed by atoms with E-state index in [4.69, 9.17) is 35.4 Å². The molecule has 0 saturated heterocycles. The predicted octanol–water partition coefficient (Wildman–Crippen LogP) is 6.75. The molecule has 0 spiro atoms. The van der Waals surface area contributed by atoms with Gasteiger partial charge in [0.25, 0.3) is 0 Å². The highest BCUT2D eigenvalue weighted by molar-refractivity contribution is 7.99. The lowest BCUT2D eigenvalue weighted by Gasteiger charge is -2.03. The van der Waals surface area contributed by atoms with Gasteiger partial charge in [-0.25, -0.2) is 0 Å². The predicted molar refractivity (Wildman–Crippen MR) is 179 cm³/mol. The fraction of sp³-hybridized carbons (Fsp3) is 0.143. The van der Waals surface area contributed by atoms with Gasteiger partial charge in [-0.3, -0.25) is 0 Å². The number of hydrogen-bond donors (Lipinski definition) is 6. The lowest BCUT2D eigenvalue weighted by molar-refractivity contribution is 0.399. The smallest absolute Gasteiger partial charge is 0.127 e. The Morgan fingerprint density at radius 3 is 0.814 bits per heavy atom. The van der Waals surface area contributed by atoms with E-state index in [0.717, 1.165) is 47.0 Å². The van der Waals surface area contributed by atoms with Gasteiger partial charge in [-0.1, -0.05) is 103 Å². The average molecular weight is 611 g/mol. The molecular weight excluding hydrogens is 564 g/mol. The number of aliphatic hydroxyl groups is 5. The summed E-state index contributed by atoms with van der Waals surface area (Å²) in [6, 6.07) is 49.0. The number of para-hydroxylation sites is 3. The van der Waals surface area contributed by atoms with E-state index in [2.05, 4.69) is 48.5 Å². The summed E-state index contributed by atoms with van der Waals surface area (Å²) in [6.07, 6.45) is 0. The summed E-state index contributed by atoms with van der Waals surface area (Å²) in [6.45, 7) is 0. The summed E-state index contributed by atoms with van der Waals surface area (Å²) in [5, 5.41) is 43.6. The molecular formula is C35H46O7S. The van der Waals surface area contributed by atoms with Gasteiger partial charge in [0.1, 0.15) is 17.2 Å². The first-order chi connectivity index (χ1) is 21.3. The van der Waals surface area contributed by atoms with E-state index in [1.165, 1.54) is 9.79 Å². The third-order valence-electron chi connectivity index (χ3n) is 4.20. The molecule has 5 aromatic rings. The zero-order chi connectivity index (χ0) is 33.0. The van der Waals surface area contributed by atoms with Crippen LogP contribution in [-0.2, 0) is 0 Å². The number of hydrogen-bond acceptors (Lipinski definition) is 8. The normalized spacial score (nSPS) is 7.95. The van der Waals surface area contributed by atoms with E-state index in [9.17, 15) is 0 Å². The highest BCUT2D eigenvalue weighted by atomic mass is 32.2. The van der Waals surface area contributed by atoms with Gasteiger partial charge in [-0.2, -0.15) is 0 Å². The van der Waals surface area contributed by atoms with Crippen molar-refractivity contribution in [3.63, 3.8) is 0 Å². The van der Waals surface area contributed by atoms with Gasteiger partial charge in [0.2, 0.25) is 0 Å². The van der Waals surface area contributed by atoms with Crippen molar-refractivity contribution in [1.29, 1.82) is 0 Å². The van der Waals surface area contributed by atoms with Crippen LogP contribution in [0, 0.1) is 0 Å². The van der Waals surface area contributed by atoms with Crippen LogP contribution >= 0.6 is 11.8 Å². The molecule has 5 rings (SSSR count). The molecule has 234 valence electrons. The molecule has 0 bridgehead atoms. The molecule has 0 aliphatic carbocycles. The molecule has 6 N–H and O–H groups in total. The second-order valence-electron chi connectivity index (χ2n) is 6.79. The summed E-state index contributed by atoms with van der Waals surface area (Å²) in [4.78, 5) is 2.57. The quantitative estimate of drug-likeness (QED) is 0.132. The Kier molecular flexibility index (Phi) is 36.1. The molecule has 0 aliphatic heterocycles. The van der Waals surface area contributed by atoms with Crippen LogP contribution in [0.5, 0.6) is 17.2 Å². The van der Waals surface area contributed by atoms with Crippen LogP contribution in [0.25, 0.3) is 0 Å². The van der Waals surface area contributed by atoms with Crippen LogP contribution in [0.3, 0.4) is 0 Å². The molecule has 0 fully saturated rings. The molecule has 0 radical (unpaired) electrons. The monoisotopic (exact) mass is 610 g/mol. The topological polar surface area (TPSA) is 131 Å². The van der Waals surface area contributed by atoms with Crippen molar-refractivity contribution in [3.8, 4) is 17.2 Å². The van der Waals surface area contributed by atoms with Crippen LogP contribution in [0.4, 0.5) is 0 Å². The number of ether oxygens (including phenoxy) is 1. The Balaban J connectivity index is -0.000000500. The third kappa shape index (κ3) is 25.3. The Labute approximate surface area is 261 Å². The standard InChI is InChI=1S/C12H10O.C12H10S.C6H6O.5CH4O/c2*1-3-7-11(8-4-1)13-12-9-5-2-6-10-12;7-6-4-2-1-3-5-6;5*1-2/h2*1-10H;1-5,7H;5*2H,1H3. The van der Waals surface area contributed by atoms with Crippen molar-refractivity contribution in [2.24, 2.45) is 0 Å². The van der Waals surface area contributed by atoms with Crippen molar-refractivity contribution in [1.82, 2.24) is 0 Å². The lowest BCUT2D eigenvalue weighted by Crippen LogP contribution is -1.81. The van der Waals surface area contributed by atoms with Crippen LogP contribution in [-0.4, -0.2) is 66.2 Å². The van der Waals surface area contributed by atoms with Crippen LogP contribution in [0.2, 0.25) is 0 Å². The number of benzene rings is 5. The minimum Gasteiger partial charge on any atom is -0.508 e. The van der Waals surface area contributed by atoms with Crippen LogP contribution in [0.15, 0.2) is 161 Å². The number of aliphatic hydroxyl groups excluding tert-OH is 5. The van der Waals surface area contributed by atoms with E-state index < -0.39 is 0 Å². The van der Waals surface area contributed by atoms with Crippen LogP contribution < -0.4 is 4.74 Å². The molecule has 0 saturated carbocycles. The minimum atomic E-state index is 0.322. The molecule has 5 aromatic carbocycles. The van der Waals surface area contributed by atoms with Gasteiger partial charge in [0, 0.05) is 45.3 Å². The highest BCUT2D eigenvalue weighted by Gasteiger charge is 1.94. The van der Waals surface area contributed by atoms with Crippen molar-refractivity contribution in [3.05, 3.63) is 152 Å². The number of rotatable bonds is 4. The number of phenols is 1. The van der Waals surface area contributed by atoms with E-state index in [-0.39, 0.29) is 0 Å². The molecule has 7 nitrogen and oxygen atoms in total. The second kappa shape index (κ2) is 35.9. The van der Waals surface area contributed by atoms with Crippen molar-refractivity contribution < 1.29 is 35.4 Å². The number of aromatic hydroxyl groups is 1. The summed E-state index contributed by atoms with van der Waals surface area (Å²) in [7, 11) is 5.00. The maximum absolute atomic E-state index is 8.63. The Hall–Kier alpha value is -4.15. The molecule has 0 amide bonds. The molecule has 43 heavy (non-hydrogen) atoms. The first-order valence-electron chi connectivity index (χ1n) is 12.8. The van der Waals surface area contributed by atoms with Gasteiger partial charge in [0.15, 0.2) is 0 Å². The van der Waals surface area contributed by atoms with Gasteiger partial charge >= 0.3 is 0 Å². The van der Waals surface area contributed by atoms with E-state index in [1.54, 1.807) is 36.0 Å². The van der Waals surface area contributed by atoms with Crippen LogP contribution in [0.1, 0.15) is 0 Å². The minimum absolute atomic E-state index is 0.322. The van der Waals surface area contributed by atoms with Gasteiger partial charge in [-0.05, 0) is 60.7 Å². The average Bonchev–Trinajstić information content (AvgIpc) is 3.12. The Morgan fingerprint density at radius 2 is 0.581 bits per heavy atom. The first-order valence-corrected chi connectivity index (χ1v) is 13.6. The van der Waals surface area contributed by atoms with Gasteiger partial charge < -0.3 is 35.4 Å². The number of phenolic OH excluding ortho intramolecular Hbond substituents is 1. The largest absolute Gasteiger partial charge is 0.508 e. The summed E-state index contributed by atoms with van der Waals surface area (Å²) in [5.74, 6) is 2.06. The van der Waals surface area contributed by atoms with Crippen molar-refractivity contribution in [2.45, 2.75) is 9.79 Å². The zero-order valence-electron chi connectivity index (χ0n) is 25.4. The fourth-order valence-electron chi connectivity index (χ4n) is 2.65. The maximum atomic E-state index is 8.63. The van der Waals surface area contributed by atoms with Crippen molar-refractivity contribution in [2.75, 3.05) is 35.5 Å². The SMILES string of the molecule is CO.CO.CO.CO.CO.Oc1ccccc1.c1ccc(Oc2ccccc2)cc1.c1ccc(Sc2ccccc2)cc1.